The molecule has 0 unspecified atom stereocenters. The Morgan fingerprint density at radius 2 is 1.41 bits per heavy atom. The van der Waals surface area contributed by atoms with Crippen LogP contribution >= 0.6 is 0 Å². The molecule has 6 nitrogen and oxygen atoms in total. The third kappa shape index (κ3) is 5.22. The van der Waals surface area contributed by atoms with Crippen LogP contribution in [0.5, 0.6) is 11.5 Å². The molecule has 0 aliphatic carbocycles. The number of hydrogen-bond donors (Lipinski definition) is 0. The number of ether oxygens (including phenoxy) is 4. The molecule has 0 saturated heterocycles. The van der Waals surface area contributed by atoms with Crippen molar-refractivity contribution in [3.8, 4) is 22.6 Å². The minimum absolute atomic E-state index is 0.150. The summed E-state index contributed by atoms with van der Waals surface area (Å²) in [6, 6.07) is 21.1. The number of methoxy groups -OCH3 is 2. The topological polar surface area (TPSA) is 71.1 Å². The highest BCUT2D eigenvalue weighted by Crippen LogP contribution is 2.39. The fourth-order valence-electron chi connectivity index (χ4n) is 3.75. The van der Waals surface area contributed by atoms with Gasteiger partial charge < -0.3 is 18.9 Å². The van der Waals surface area contributed by atoms with Crippen LogP contribution in [0.1, 0.15) is 49.2 Å². The SMILES string of the molecule is COc1cc(OC)c(C(=O)OC(C)(C)c2ccc(-c3ccccc3)cc2)c(C(C)(C)O[C]=O)c1. The zero-order chi connectivity index (χ0) is 24.9. The van der Waals surface area contributed by atoms with Gasteiger partial charge in [0.05, 0.1) is 14.2 Å². The van der Waals surface area contributed by atoms with E-state index in [2.05, 4.69) is 0 Å². The van der Waals surface area contributed by atoms with Gasteiger partial charge in [-0.15, -0.1) is 0 Å². The summed E-state index contributed by atoms with van der Waals surface area (Å²) in [7, 11) is 2.95. The summed E-state index contributed by atoms with van der Waals surface area (Å²) < 4.78 is 21.9. The second-order valence-corrected chi connectivity index (χ2v) is 8.79. The Balaban J connectivity index is 1.97. The van der Waals surface area contributed by atoms with Crippen molar-refractivity contribution in [3.05, 3.63) is 83.4 Å². The van der Waals surface area contributed by atoms with E-state index in [1.165, 1.54) is 20.7 Å². The van der Waals surface area contributed by atoms with E-state index in [1.54, 1.807) is 26.0 Å². The molecule has 3 aromatic rings. The van der Waals surface area contributed by atoms with Gasteiger partial charge in [-0.3, -0.25) is 0 Å². The van der Waals surface area contributed by atoms with Gasteiger partial charge >= 0.3 is 12.4 Å². The average Bonchev–Trinajstić information content (AvgIpc) is 2.83. The van der Waals surface area contributed by atoms with E-state index in [1.807, 2.05) is 68.4 Å². The Bertz CT molecular complexity index is 1150. The van der Waals surface area contributed by atoms with Crippen LogP contribution in [0.4, 0.5) is 0 Å². The summed E-state index contributed by atoms with van der Waals surface area (Å²) >= 11 is 0. The maximum absolute atomic E-state index is 13.5. The van der Waals surface area contributed by atoms with Crippen LogP contribution in [0.3, 0.4) is 0 Å². The van der Waals surface area contributed by atoms with Crippen LogP contribution in [0.15, 0.2) is 66.7 Å². The number of carbonyl (C=O) groups is 1. The Labute approximate surface area is 200 Å². The van der Waals surface area contributed by atoms with Crippen molar-refractivity contribution in [2.45, 2.75) is 38.9 Å². The van der Waals surface area contributed by atoms with Crippen LogP contribution in [0, 0.1) is 0 Å². The lowest BCUT2D eigenvalue weighted by atomic mass is 9.91. The van der Waals surface area contributed by atoms with E-state index in [4.69, 9.17) is 18.9 Å². The van der Waals surface area contributed by atoms with Crippen molar-refractivity contribution in [2.75, 3.05) is 14.2 Å². The quantitative estimate of drug-likeness (QED) is 0.376. The van der Waals surface area contributed by atoms with E-state index in [-0.39, 0.29) is 11.3 Å². The predicted octanol–water partition coefficient (Wildman–Crippen LogP) is 5.78. The molecule has 0 aromatic heterocycles. The van der Waals surface area contributed by atoms with Crippen molar-refractivity contribution >= 4 is 12.4 Å². The molecule has 0 aliphatic heterocycles. The lowest BCUT2D eigenvalue weighted by molar-refractivity contribution is -0.00458. The molecule has 0 aliphatic rings. The number of esters is 1. The highest BCUT2D eigenvalue weighted by atomic mass is 16.6. The Hall–Kier alpha value is -3.80. The van der Waals surface area contributed by atoms with E-state index in [0.29, 0.717) is 11.3 Å². The van der Waals surface area contributed by atoms with Gasteiger partial charge in [0, 0.05) is 11.6 Å². The van der Waals surface area contributed by atoms with E-state index >= 15 is 0 Å². The summed E-state index contributed by atoms with van der Waals surface area (Å²) in [6.07, 6.45) is 0. The normalized spacial score (nSPS) is 11.5. The predicted molar refractivity (Wildman–Crippen MR) is 130 cm³/mol. The molecular weight excluding hydrogens is 432 g/mol. The van der Waals surface area contributed by atoms with Crippen LogP contribution in [0.2, 0.25) is 0 Å². The first-order valence-electron chi connectivity index (χ1n) is 10.8. The largest absolute Gasteiger partial charge is 0.497 e. The minimum Gasteiger partial charge on any atom is -0.497 e. The Morgan fingerprint density at radius 3 is 1.97 bits per heavy atom. The lowest BCUT2D eigenvalue weighted by Crippen LogP contribution is -2.29. The molecule has 0 heterocycles. The van der Waals surface area contributed by atoms with Gasteiger partial charge in [0.15, 0.2) is 0 Å². The Morgan fingerprint density at radius 1 is 0.794 bits per heavy atom. The van der Waals surface area contributed by atoms with Crippen molar-refractivity contribution in [1.29, 1.82) is 0 Å². The molecule has 0 saturated carbocycles. The van der Waals surface area contributed by atoms with Crippen molar-refractivity contribution < 1.29 is 28.5 Å². The van der Waals surface area contributed by atoms with Gasteiger partial charge in [-0.05, 0) is 50.5 Å². The van der Waals surface area contributed by atoms with Crippen molar-refractivity contribution in [1.82, 2.24) is 0 Å². The zero-order valence-electron chi connectivity index (χ0n) is 20.3. The molecular formula is C28H29O6. The maximum atomic E-state index is 13.5. The highest BCUT2D eigenvalue weighted by molar-refractivity contribution is 5.95. The molecule has 34 heavy (non-hydrogen) atoms. The first-order chi connectivity index (χ1) is 16.1. The summed E-state index contributed by atoms with van der Waals surface area (Å²) in [5.41, 5.74) is 1.40. The third-order valence-corrected chi connectivity index (χ3v) is 5.72. The average molecular weight is 462 g/mol. The van der Waals surface area contributed by atoms with Gasteiger partial charge in [0.25, 0.3) is 0 Å². The Kier molecular flexibility index (Phi) is 7.30. The zero-order valence-corrected chi connectivity index (χ0v) is 20.3. The molecule has 0 fully saturated rings. The second kappa shape index (κ2) is 10.00. The molecule has 1 radical (unpaired) electrons. The van der Waals surface area contributed by atoms with Gasteiger partial charge in [-0.1, -0.05) is 54.6 Å². The van der Waals surface area contributed by atoms with Gasteiger partial charge in [0.2, 0.25) is 0 Å². The van der Waals surface area contributed by atoms with Crippen molar-refractivity contribution in [2.24, 2.45) is 0 Å². The minimum atomic E-state index is -1.18. The highest BCUT2D eigenvalue weighted by Gasteiger charge is 2.35. The maximum Gasteiger partial charge on any atom is 0.418 e. The summed E-state index contributed by atoms with van der Waals surface area (Å²) in [6.45, 7) is 8.39. The monoisotopic (exact) mass is 461 g/mol. The van der Waals surface area contributed by atoms with Gasteiger partial charge in [-0.25, -0.2) is 9.59 Å². The molecule has 3 rings (SSSR count). The number of rotatable bonds is 9. The number of benzene rings is 3. The molecule has 0 N–H and O–H groups in total. The van der Waals surface area contributed by atoms with Crippen LogP contribution < -0.4 is 9.47 Å². The number of carbonyl (C=O) groups excluding carboxylic acids is 2. The fraction of sp³-hybridized carbons (Fsp3) is 0.286. The molecule has 0 atom stereocenters. The third-order valence-electron chi connectivity index (χ3n) is 5.72. The summed E-state index contributed by atoms with van der Waals surface area (Å²) in [5, 5.41) is 0. The fourth-order valence-corrected chi connectivity index (χ4v) is 3.75. The lowest BCUT2D eigenvalue weighted by Gasteiger charge is -2.30. The van der Waals surface area contributed by atoms with Crippen LogP contribution in [-0.2, 0) is 25.5 Å². The first kappa shape index (κ1) is 24.8. The van der Waals surface area contributed by atoms with E-state index in [9.17, 15) is 9.59 Å². The van der Waals surface area contributed by atoms with Crippen LogP contribution in [-0.4, -0.2) is 26.7 Å². The van der Waals surface area contributed by atoms with E-state index in [0.717, 1.165) is 16.7 Å². The van der Waals surface area contributed by atoms with Gasteiger partial charge in [0.1, 0.15) is 28.3 Å². The molecule has 177 valence electrons. The van der Waals surface area contributed by atoms with Gasteiger partial charge in [-0.2, -0.15) is 0 Å². The molecule has 0 spiro atoms. The molecule has 6 heteroatoms. The summed E-state index contributed by atoms with van der Waals surface area (Å²) in [5.74, 6) is 0.0769. The molecule has 0 bridgehead atoms. The smallest absolute Gasteiger partial charge is 0.418 e. The summed E-state index contributed by atoms with van der Waals surface area (Å²) in [4.78, 5) is 24.5. The molecule has 3 aromatic carbocycles. The van der Waals surface area contributed by atoms with E-state index < -0.39 is 17.2 Å². The molecule has 0 amide bonds. The van der Waals surface area contributed by atoms with Crippen LogP contribution in [0.25, 0.3) is 11.1 Å². The number of hydrogen-bond acceptors (Lipinski definition) is 6. The van der Waals surface area contributed by atoms with Crippen molar-refractivity contribution in [3.63, 3.8) is 0 Å². The standard InChI is InChI=1S/C28H29O6/c1-27(2,21-14-12-20(13-15-21)19-10-8-7-9-11-19)34-26(30)25-23(28(3,4)33-18-29)16-22(31-5)17-24(25)32-6/h7-17H,1-6H3. The second-order valence-electron chi connectivity index (χ2n) is 8.79. The first-order valence-corrected chi connectivity index (χ1v) is 10.8.